The Morgan fingerprint density at radius 2 is 1.94 bits per heavy atom. The zero-order valence-electron chi connectivity index (χ0n) is 18.6. The molecule has 5 rings (SSSR count). The Kier molecular flexibility index (Phi) is 5.78. The van der Waals surface area contributed by atoms with E-state index in [4.69, 9.17) is 0 Å². The molecular weight excluding hydrogens is 390 g/mol. The summed E-state index contributed by atoms with van der Waals surface area (Å²) in [5, 5.41) is 10.4. The third-order valence-corrected chi connectivity index (χ3v) is 8.13. The Morgan fingerprint density at radius 1 is 1.13 bits per heavy atom. The number of amides is 1. The Bertz CT molecular complexity index is 930. The molecule has 0 saturated carbocycles. The number of hydrogen-bond donors (Lipinski definition) is 1. The van der Waals surface area contributed by atoms with E-state index in [0.29, 0.717) is 6.54 Å². The molecule has 0 radical (unpaired) electrons. The standard InChI is InChI=1S/C25H35N3O3/c1-2-27-21-15-28-20(12-11-18(24(28)30)17-9-5-3-6-10-17)23(27)22(19(21)16-29)25(31)26-13-7-4-8-14-26/h9,11-12,19,21-23,29H,2-8,10,13-16H2,1H3/t19-,21-,22+,23+/m0/s1. The number of rotatable bonds is 4. The van der Waals surface area contributed by atoms with Gasteiger partial charge in [-0.05, 0) is 69.2 Å². The van der Waals surface area contributed by atoms with Crippen molar-refractivity contribution in [3.8, 4) is 0 Å². The molecule has 1 aliphatic carbocycles. The van der Waals surface area contributed by atoms with E-state index in [1.807, 2.05) is 15.5 Å². The Labute approximate surface area is 184 Å². The fourth-order valence-electron chi connectivity index (χ4n) is 6.59. The van der Waals surface area contributed by atoms with Gasteiger partial charge in [-0.15, -0.1) is 0 Å². The number of piperidine rings is 1. The minimum Gasteiger partial charge on any atom is -0.396 e. The molecule has 2 fully saturated rings. The van der Waals surface area contributed by atoms with Gasteiger partial charge in [0.2, 0.25) is 5.91 Å². The summed E-state index contributed by atoms with van der Waals surface area (Å²) < 4.78 is 1.93. The predicted molar refractivity (Wildman–Crippen MR) is 121 cm³/mol. The molecule has 1 amide bonds. The van der Waals surface area contributed by atoms with Crippen molar-refractivity contribution in [3.63, 3.8) is 0 Å². The van der Waals surface area contributed by atoms with Gasteiger partial charge in [-0.1, -0.05) is 13.0 Å². The average Bonchev–Trinajstić information content (AvgIpc) is 3.05. The Morgan fingerprint density at radius 3 is 2.61 bits per heavy atom. The number of pyridine rings is 1. The lowest BCUT2D eigenvalue weighted by atomic mass is 9.85. The molecule has 4 heterocycles. The van der Waals surface area contributed by atoms with E-state index >= 15 is 0 Å². The van der Waals surface area contributed by atoms with Crippen LogP contribution < -0.4 is 5.56 Å². The molecule has 1 aromatic rings. The number of likely N-dealkylation sites (N-methyl/N-ethyl adjacent to an activating group) is 1. The highest BCUT2D eigenvalue weighted by Gasteiger charge is 2.56. The first-order chi connectivity index (χ1) is 15.2. The topological polar surface area (TPSA) is 65.8 Å². The van der Waals surface area contributed by atoms with Crippen LogP contribution in [0.4, 0.5) is 0 Å². The fraction of sp³-hybridized carbons (Fsp3) is 0.680. The number of allylic oxidation sites excluding steroid dienone is 2. The number of carbonyl (C=O) groups excluding carboxylic acids is 1. The summed E-state index contributed by atoms with van der Waals surface area (Å²) in [6.45, 7) is 5.12. The predicted octanol–water partition coefficient (Wildman–Crippen LogP) is 2.80. The maximum Gasteiger partial charge on any atom is 0.258 e. The van der Waals surface area contributed by atoms with Crippen molar-refractivity contribution >= 4 is 11.5 Å². The summed E-state index contributed by atoms with van der Waals surface area (Å²) in [6.07, 6.45) is 9.88. The molecule has 0 unspecified atom stereocenters. The van der Waals surface area contributed by atoms with E-state index in [0.717, 1.165) is 63.0 Å². The molecule has 0 spiro atoms. The number of aromatic nitrogens is 1. The van der Waals surface area contributed by atoms with Crippen LogP contribution in [0.2, 0.25) is 0 Å². The lowest BCUT2D eigenvalue weighted by Crippen LogP contribution is -2.47. The smallest absolute Gasteiger partial charge is 0.258 e. The van der Waals surface area contributed by atoms with Gasteiger partial charge in [-0.25, -0.2) is 0 Å². The second-order valence-electron chi connectivity index (χ2n) is 9.66. The van der Waals surface area contributed by atoms with Crippen LogP contribution in [0.3, 0.4) is 0 Å². The maximum absolute atomic E-state index is 13.7. The third-order valence-electron chi connectivity index (χ3n) is 8.13. The molecule has 3 aliphatic heterocycles. The molecule has 168 valence electrons. The van der Waals surface area contributed by atoms with Gasteiger partial charge in [0.1, 0.15) is 0 Å². The largest absolute Gasteiger partial charge is 0.396 e. The van der Waals surface area contributed by atoms with Gasteiger partial charge in [-0.3, -0.25) is 14.5 Å². The lowest BCUT2D eigenvalue weighted by molar-refractivity contribution is -0.139. The summed E-state index contributed by atoms with van der Waals surface area (Å²) in [5.74, 6) is -0.235. The van der Waals surface area contributed by atoms with Gasteiger partial charge in [-0.2, -0.15) is 0 Å². The van der Waals surface area contributed by atoms with Crippen LogP contribution in [0.15, 0.2) is 23.0 Å². The van der Waals surface area contributed by atoms with Crippen LogP contribution in [0.1, 0.15) is 69.2 Å². The van der Waals surface area contributed by atoms with Gasteiger partial charge >= 0.3 is 0 Å². The Balaban J connectivity index is 1.56. The third kappa shape index (κ3) is 3.39. The van der Waals surface area contributed by atoms with Crippen molar-refractivity contribution in [2.75, 3.05) is 26.2 Å². The van der Waals surface area contributed by atoms with Gasteiger partial charge in [0.05, 0.1) is 12.0 Å². The van der Waals surface area contributed by atoms with Gasteiger partial charge in [0, 0.05) is 49.5 Å². The van der Waals surface area contributed by atoms with Crippen molar-refractivity contribution < 1.29 is 9.90 Å². The van der Waals surface area contributed by atoms with Crippen molar-refractivity contribution in [2.45, 2.75) is 70.5 Å². The highest BCUT2D eigenvalue weighted by atomic mass is 16.3. The van der Waals surface area contributed by atoms with Crippen LogP contribution in [0.25, 0.3) is 5.57 Å². The Hall–Kier alpha value is -1.92. The van der Waals surface area contributed by atoms with E-state index in [9.17, 15) is 14.7 Å². The normalized spacial score (nSPS) is 30.8. The highest BCUT2D eigenvalue weighted by Crippen LogP contribution is 2.49. The lowest BCUT2D eigenvalue weighted by Gasteiger charge is -2.38. The average molecular weight is 426 g/mol. The SMILES string of the molecule is CCN1[C@@H]2c3ccc(C4=CCCCC4)c(=O)n3C[C@H]1[C@H](CO)[C@H]2C(=O)N1CCCCC1. The molecule has 6 nitrogen and oxygen atoms in total. The summed E-state index contributed by atoms with van der Waals surface area (Å²) in [5.41, 5.74) is 3.04. The molecule has 4 aliphatic rings. The molecule has 6 heteroatoms. The number of hydrogen-bond acceptors (Lipinski definition) is 4. The van der Waals surface area contributed by atoms with E-state index in [2.05, 4.69) is 24.0 Å². The number of fused-ring (bicyclic) bond motifs is 4. The zero-order chi connectivity index (χ0) is 21.5. The summed E-state index contributed by atoms with van der Waals surface area (Å²) in [6, 6.07) is 3.98. The molecule has 2 saturated heterocycles. The van der Waals surface area contributed by atoms with Crippen molar-refractivity contribution in [1.82, 2.24) is 14.4 Å². The quantitative estimate of drug-likeness (QED) is 0.806. The number of likely N-dealkylation sites (tertiary alicyclic amines) is 1. The van der Waals surface area contributed by atoms with E-state index in [1.165, 1.54) is 18.4 Å². The molecule has 4 atom stereocenters. The van der Waals surface area contributed by atoms with Crippen LogP contribution in [0, 0.1) is 11.8 Å². The zero-order valence-corrected chi connectivity index (χ0v) is 18.6. The minimum atomic E-state index is -0.277. The van der Waals surface area contributed by atoms with Gasteiger partial charge in [0.25, 0.3) is 5.56 Å². The number of aliphatic hydroxyl groups excluding tert-OH is 1. The molecule has 1 aromatic heterocycles. The monoisotopic (exact) mass is 425 g/mol. The molecule has 2 bridgehead atoms. The number of carbonyl (C=O) groups is 1. The van der Waals surface area contributed by atoms with Crippen LogP contribution in [0.5, 0.6) is 0 Å². The first-order valence-corrected chi connectivity index (χ1v) is 12.2. The summed E-state index contributed by atoms with van der Waals surface area (Å²) in [4.78, 5) is 31.6. The molecular formula is C25H35N3O3. The van der Waals surface area contributed by atoms with Crippen molar-refractivity contribution in [3.05, 3.63) is 39.8 Å². The highest BCUT2D eigenvalue weighted by molar-refractivity contribution is 5.81. The minimum absolute atomic E-state index is 0.0112. The number of aliphatic hydroxyl groups is 1. The first-order valence-electron chi connectivity index (χ1n) is 12.2. The first kappa shape index (κ1) is 21.0. The molecule has 1 N–H and O–H groups in total. The molecule has 31 heavy (non-hydrogen) atoms. The van der Waals surface area contributed by atoms with Crippen LogP contribution >= 0.6 is 0 Å². The summed E-state index contributed by atoms with van der Waals surface area (Å²) >= 11 is 0. The fourth-order valence-corrected chi connectivity index (χ4v) is 6.59. The van der Waals surface area contributed by atoms with E-state index < -0.39 is 0 Å². The number of nitrogens with zero attached hydrogens (tertiary/aromatic N) is 3. The van der Waals surface area contributed by atoms with Gasteiger partial charge in [0.15, 0.2) is 0 Å². The van der Waals surface area contributed by atoms with Crippen LogP contribution in [-0.2, 0) is 11.3 Å². The molecule has 0 aromatic carbocycles. The maximum atomic E-state index is 13.7. The van der Waals surface area contributed by atoms with Gasteiger partial charge < -0.3 is 14.6 Å². The second-order valence-corrected chi connectivity index (χ2v) is 9.66. The summed E-state index contributed by atoms with van der Waals surface area (Å²) in [7, 11) is 0. The van der Waals surface area contributed by atoms with Crippen molar-refractivity contribution in [2.24, 2.45) is 11.8 Å². The van der Waals surface area contributed by atoms with Crippen molar-refractivity contribution in [1.29, 1.82) is 0 Å². The van der Waals surface area contributed by atoms with E-state index in [-0.39, 0.29) is 42.0 Å². The second kappa shape index (κ2) is 8.55. The van der Waals surface area contributed by atoms with E-state index in [1.54, 1.807) is 0 Å². The van der Waals surface area contributed by atoms with Crippen LogP contribution in [-0.4, -0.2) is 57.7 Å².